The van der Waals surface area contributed by atoms with Crippen molar-refractivity contribution in [1.82, 2.24) is 4.98 Å². The van der Waals surface area contributed by atoms with Crippen molar-refractivity contribution in [3.8, 4) is 0 Å². The van der Waals surface area contributed by atoms with Gasteiger partial charge in [0.15, 0.2) is 5.43 Å². The molecule has 2 heteroatoms. The molecule has 0 spiro atoms. The summed E-state index contributed by atoms with van der Waals surface area (Å²) in [7, 11) is 0. The molecule has 0 amide bonds. The van der Waals surface area contributed by atoms with Gasteiger partial charge in [-0.3, -0.25) is 4.79 Å². The summed E-state index contributed by atoms with van der Waals surface area (Å²) in [5.74, 6) is 0. The first kappa shape index (κ1) is 10.1. The maximum Gasteiger partial charge on any atom is 0.197 e. The van der Waals surface area contributed by atoms with Gasteiger partial charge in [-0.25, -0.2) is 0 Å². The van der Waals surface area contributed by atoms with E-state index in [0.29, 0.717) is 0 Å². The molecule has 1 heterocycles. The Bertz CT molecular complexity index is 777. The fraction of sp³-hybridized carbons (Fsp3) is 0.133. The highest BCUT2D eigenvalue weighted by molar-refractivity contribution is 5.93. The monoisotopic (exact) mass is 223 g/mol. The second-order valence-electron chi connectivity index (χ2n) is 4.50. The smallest absolute Gasteiger partial charge is 0.197 e. The van der Waals surface area contributed by atoms with Crippen LogP contribution < -0.4 is 5.43 Å². The minimum Gasteiger partial charge on any atom is -0.354 e. The number of hydrogen-bond donors (Lipinski definition) is 1. The highest BCUT2D eigenvalue weighted by atomic mass is 16.1. The normalized spacial score (nSPS) is 11.2. The maximum atomic E-state index is 12.4. The van der Waals surface area contributed by atoms with Gasteiger partial charge in [0.05, 0.1) is 5.52 Å². The summed E-state index contributed by atoms with van der Waals surface area (Å²) < 4.78 is 0. The Kier molecular flexibility index (Phi) is 2.05. The van der Waals surface area contributed by atoms with E-state index >= 15 is 0 Å². The molecule has 1 aromatic heterocycles. The van der Waals surface area contributed by atoms with Crippen LogP contribution in [0.3, 0.4) is 0 Å². The molecule has 0 radical (unpaired) electrons. The zero-order chi connectivity index (χ0) is 12.0. The third-order valence-electron chi connectivity index (χ3n) is 3.20. The van der Waals surface area contributed by atoms with E-state index in [0.717, 1.165) is 32.9 Å². The second-order valence-corrected chi connectivity index (χ2v) is 4.50. The summed E-state index contributed by atoms with van der Waals surface area (Å²) >= 11 is 0. The van der Waals surface area contributed by atoms with E-state index < -0.39 is 0 Å². The molecule has 3 aromatic rings. The number of hydrogen-bond acceptors (Lipinski definition) is 1. The number of aromatic amines is 1. The van der Waals surface area contributed by atoms with Crippen molar-refractivity contribution in [2.24, 2.45) is 0 Å². The van der Waals surface area contributed by atoms with Gasteiger partial charge in [-0.15, -0.1) is 0 Å². The largest absolute Gasteiger partial charge is 0.354 e. The van der Waals surface area contributed by atoms with E-state index in [1.165, 1.54) is 0 Å². The molecule has 0 aliphatic rings. The van der Waals surface area contributed by atoms with Gasteiger partial charge in [-0.2, -0.15) is 0 Å². The van der Waals surface area contributed by atoms with Crippen LogP contribution >= 0.6 is 0 Å². The van der Waals surface area contributed by atoms with E-state index in [1.807, 2.05) is 50.2 Å². The lowest BCUT2D eigenvalue weighted by molar-refractivity contribution is 1.40. The number of fused-ring (bicyclic) bond motifs is 2. The average molecular weight is 223 g/mol. The van der Waals surface area contributed by atoms with Crippen molar-refractivity contribution in [3.63, 3.8) is 0 Å². The first-order valence-electron chi connectivity index (χ1n) is 5.69. The number of H-pyrrole nitrogens is 1. The summed E-state index contributed by atoms with van der Waals surface area (Å²) in [6.07, 6.45) is 0. The number of pyridine rings is 1. The number of aryl methyl sites for hydroxylation is 2. The molecule has 2 nitrogen and oxygen atoms in total. The van der Waals surface area contributed by atoms with Crippen molar-refractivity contribution in [1.29, 1.82) is 0 Å². The van der Waals surface area contributed by atoms with E-state index in [4.69, 9.17) is 0 Å². The summed E-state index contributed by atoms with van der Waals surface area (Å²) in [6.45, 7) is 4.01. The lowest BCUT2D eigenvalue weighted by atomic mass is 10.1. The SMILES string of the molecule is Cc1ccc2[nH]c3c(C)cccc3c(=O)c2c1. The van der Waals surface area contributed by atoms with Crippen LogP contribution in [0.2, 0.25) is 0 Å². The van der Waals surface area contributed by atoms with Crippen molar-refractivity contribution in [2.45, 2.75) is 13.8 Å². The highest BCUT2D eigenvalue weighted by Gasteiger charge is 2.06. The standard InChI is InChI=1S/C15H13NO/c1-9-6-7-13-12(8-9)15(17)11-5-3-4-10(2)14(11)16-13/h3-8H,1-2H3,(H,16,17). The number of para-hydroxylation sites is 1. The molecule has 2 aromatic carbocycles. The molecule has 0 unspecified atom stereocenters. The molecule has 17 heavy (non-hydrogen) atoms. The Morgan fingerprint density at radius 1 is 1.00 bits per heavy atom. The molecule has 84 valence electrons. The van der Waals surface area contributed by atoms with Crippen LogP contribution in [0.1, 0.15) is 11.1 Å². The lowest BCUT2D eigenvalue weighted by Crippen LogP contribution is -2.05. The van der Waals surface area contributed by atoms with Crippen LogP contribution in [0, 0.1) is 13.8 Å². The van der Waals surface area contributed by atoms with E-state index in [2.05, 4.69) is 4.98 Å². The third kappa shape index (κ3) is 1.45. The van der Waals surface area contributed by atoms with E-state index in [-0.39, 0.29) is 5.43 Å². The number of rotatable bonds is 0. The molecule has 0 saturated carbocycles. The number of aromatic nitrogens is 1. The maximum absolute atomic E-state index is 12.4. The van der Waals surface area contributed by atoms with Gasteiger partial charge in [-0.05, 0) is 37.6 Å². The van der Waals surface area contributed by atoms with Crippen molar-refractivity contribution in [3.05, 3.63) is 57.7 Å². The summed E-state index contributed by atoms with van der Waals surface area (Å²) in [4.78, 5) is 15.7. The predicted molar refractivity (Wildman–Crippen MR) is 71.5 cm³/mol. The van der Waals surface area contributed by atoms with Gasteiger partial charge < -0.3 is 4.98 Å². The van der Waals surface area contributed by atoms with Gasteiger partial charge in [0.1, 0.15) is 0 Å². The van der Waals surface area contributed by atoms with Crippen molar-refractivity contribution >= 4 is 21.8 Å². The van der Waals surface area contributed by atoms with E-state index in [1.54, 1.807) is 0 Å². The Balaban J connectivity index is 2.62. The number of benzene rings is 2. The van der Waals surface area contributed by atoms with E-state index in [9.17, 15) is 4.79 Å². The van der Waals surface area contributed by atoms with Gasteiger partial charge in [0, 0.05) is 16.3 Å². The topological polar surface area (TPSA) is 32.9 Å². The molecule has 3 rings (SSSR count). The fourth-order valence-corrected chi connectivity index (χ4v) is 2.26. The molecule has 0 atom stereocenters. The Hall–Kier alpha value is -2.09. The predicted octanol–water partition coefficient (Wildman–Crippen LogP) is 3.30. The van der Waals surface area contributed by atoms with Gasteiger partial charge in [0.25, 0.3) is 0 Å². The average Bonchev–Trinajstić information content (AvgIpc) is 2.32. The zero-order valence-corrected chi connectivity index (χ0v) is 9.87. The van der Waals surface area contributed by atoms with Crippen LogP contribution in [0.25, 0.3) is 21.8 Å². The second kappa shape index (κ2) is 3.45. The van der Waals surface area contributed by atoms with Crippen molar-refractivity contribution in [2.75, 3.05) is 0 Å². The molecular formula is C15H13NO. The lowest BCUT2D eigenvalue weighted by Gasteiger charge is -2.05. The minimum absolute atomic E-state index is 0.112. The van der Waals surface area contributed by atoms with Gasteiger partial charge in [0.2, 0.25) is 0 Å². The third-order valence-corrected chi connectivity index (χ3v) is 3.20. The first-order chi connectivity index (χ1) is 8.16. The van der Waals surface area contributed by atoms with Crippen LogP contribution in [-0.2, 0) is 0 Å². The zero-order valence-electron chi connectivity index (χ0n) is 9.87. The molecule has 0 aliphatic heterocycles. The van der Waals surface area contributed by atoms with Crippen LogP contribution in [0.5, 0.6) is 0 Å². The minimum atomic E-state index is 0.112. The van der Waals surface area contributed by atoms with Crippen molar-refractivity contribution < 1.29 is 0 Å². The van der Waals surface area contributed by atoms with Gasteiger partial charge >= 0.3 is 0 Å². The summed E-state index contributed by atoms with van der Waals surface area (Å²) in [5.41, 5.74) is 4.16. The Morgan fingerprint density at radius 2 is 1.82 bits per heavy atom. The van der Waals surface area contributed by atoms with Crippen LogP contribution in [-0.4, -0.2) is 4.98 Å². The highest BCUT2D eigenvalue weighted by Crippen LogP contribution is 2.18. The molecule has 0 fully saturated rings. The molecule has 0 aliphatic carbocycles. The van der Waals surface area contributed by atoms with Crippen LogP contribution in [0.4, 0.5) is 0 Å². The van der Waals surface area contributed by atoms with Crippen LogP contribution in [0.15, 0.2) is 41.2 Å². The van der Waals surface area contributed by atoms with Gasteiger partial charge in [-0.1, -0.05) is 23.8 Å². The molecular weight excluding hydrogens is 210 g/mol. The molecule has 0 saturated heterocycles. The Morgan fingerprint density at radius 3 is 2.65 bits per heavy atom. The quantitative estimate of drug-likeness (QED) is 0.583. The fourth-order valence-electron chi connectivity index (χ4n) is 2.26. The summed E-state index contributed by atoms with van der Waals surface area (Å²) in [6, 6.07) is 11.7. The molecule has 1 N–H and O–H groups in total. The first-order valence-corrected chi connectivity index (χ1v) is 5.69. The Labute approximate surface area is 98.9 Å². The summed E-state index contributed by atoms with van der Waals surface area (Å²) in [5, 5.41) is 1.53. The molecule has 0 bridgehead atoms. The number of nitrogens with one attached hydrogen (secondary N) is 1.